The first kappa shape index (κ1) is 39.8. The quantitative estimate of drug-likeness (QED) is 0.114. The first-order chi connectivity index (χ1) is 29.8. The van der Waals surface area contributed by atoms with Crippen LogP contribution >= 0.6 is 0 Å². The molecule has 4 aromatic heterocycles. The summed E-state index contributed by atoms with van der Waals surface area (Å²) in [7, 11) is 0. The predicted octanol–water partition coefficient (Wildman–Crippen LogP) is 5.27. The highest BCUT2D eigenvalue weighted by atomic mass is 16.5. The molecule has 319 valence electrons. The van der Waals surface area contributed by atoms with Gasteiger partial charge in [-0.3, -0.25) is 19.7 Å². The van der Waals surface area contributed by atoms with Crippen LogP contribution in [0.15, 0.2) is 85.2 Å². The molecular weight excluding hydrogens is 783 g/mol. The Hall–Kier alpha value is -6.29. The van der Waals surface area contributed by atoms with Gasteiger partial charge >= 0.3 is 0 Å². The minimum absolute atomic E-state index is 0.0388. The van der Waals surface area contributed by atoms with Crippen molar-refractivity contribution in [2.45, 2.75) is 115 Å². The van der Waals surface area contributed by atoms with Gasteiger partial charge in [0.15, 0.2) is 0 Å². The Bertz CT molecular complexity index is 2830. The molecule has 0 unspecified atom stereocenters. The van der Waals surface area contributed by atoms with Crippen molar-refractivity contribution in [3.05, 3.63) is 119 Å². The third-order valence-electron chi connectivity index (χ3n) is 13.4. The molecule has 3 atom stereocenters. The van der Waals surface area contributed by atoms with E-state index in [1.807, 2.05) is 107 Å². The highest BCUT2D eigenvalue weighted by Gasteiger charge is 2.47. The summed E-state index contributed by atoms with van der Waals surface area (Å²) in [4.78, 5) is 56.1. The minimum atomic E-state index is -0.984. The van der Waals surface area contributed by atoms with Crippen LogP contribution in [0.25, 0.3) is 32.7 Å². The molecule has 1 radical (unpaired) electrons. The van der Waals surface area contributed by atoms with Crippen LogP contribution in [-0.4, -0.2) is 86.8 Å². The monoisotopic (exact) mass is 834 g/mol. The summed E-state index contributed by atoms with van der Waals surface area (Å²) in [5.41, 5.74) is 7.24. The first-order valence-electron chi connectivity index (χ1n) is 21.5. The van der Waals surface area contributed by atoms with E-state index in [0.717, 1.165) is 60.8 Å². The molecule has 0 aliphatic carbocycles. The van der Waals surface area contributed by atoms with Gasteiger partial charge in [0.1, 0.15) is 17.8 Å². The molecule has 1 fully saturated rings. The first-order valence-corrected chi connectivity index (χ1v) is 21.5. The van der Waals surface area contributed by atoms with Crippen molar-refractivity contribution in [2.75, 3.05) is 0 Å². The smallest absolute Gasteiger partial charge is 0.243 e. The molecular formula is C47H52N11O4. The van der Waals surface area contributed by atoms with Gasteiger partial charge in [-0.15, -0.1) is 15.4 Å². The summed E-state index contributed by atoms with van der Waals surface area (Å²) >= 11 is 0. The second kappa shape index (κ2) is 15.3. The summed E-state index contributed by atoms with van der Waals surface area (Å²) in [5.74, 6) is -0.958. The van der Waals surface area contributed by atoms with E-state index in [-0.39, 0.29) is 43.8 Å². The van der Waals surface area contributed by atoms with Crippen molar-refractivity contribution in [2.24, 2.45) is 0 Å². The van der Waals surface area contributed by atoms with Gasteiger partial charge in [0.2, 0.25) is 17.7 Å². The van der Waals surface area contributed by atoms with Gasteiger partial charge in [-0.2, -0.15) is 0 Å². The average Bonchev–Trinajstić information content (AvgIpc) is 4.07. The largest absolute Gasteiger partial charge is 0.361 e. The van der Waals surface area contributed by atoms with Crippen molar-refractivity contribution < 1.29 is 19.6 Å². The van der Waals surface area contributed by atoms with Gasteiger partial charge < -0.3 is 30.5 Å². The number of aromatic nitrogens is 6. The Labute approximate surface area is 358 Å². The van der Waals surface area contributed by atoms with Crippen LogP contribution in [0.3, 0.4) is 0 Å². The van der Waals surface area contributed by atoms with E-state index in [2.05, 4.69) is 47.3 Å². The molecule has 10 rings (SSSR count). The van der Waals surface area contributed by atoms with Gasteiger partial charge in [-0.25, -0.2) is 4.68 Å². The Kier molecular flexibility index (Phi) is 9.80. The summed E-state index contributed by atoms with van der Waals surface area (Å²) in [6.45, 7) is 8.59. The lowest BCUT2D eigenvalue weighted by atomic mass is 9.79. The summed E-state index contributed by atoms with van der Waals surface area (Å²) in [5, 5.41) is 35.7. The van der Waals surface area contributed by atoms with Crippen molar-refractivity contribution in [1.82, 2.24) is 55.9 Å². The average molecular weight is 835 g/mol. The summed E-state index contributed by atoms with van der Waals surface area (Å²) in [6.07, 6.45) is 5.88. The number of aromatic amines is 3. The molecule has 15 heteroatoms. The molecule has 3 amide bonds. The van der Waals surface area contributed by atoms with Crippen molar-refractivity contribution in [1.29, 1.82) is 0 Å². The zero-order valence-corrected chi connectivity index (χ0v) is 35.4. The lowest BCUT2D eigenvalue weighted by Gasteiger charge is -2.49. The second-order valence-electron chi connectivity index (χ2n) is 18.6. The number of para-hydroxylation sites is 3. The van der Waals surface area contributed by atoms with Gasteiger partial charge in [-0.1, -0.05) is 59.8 Å². The predicted molar refractivity (Wildman–Crippen MR) is 234 cm³/mol. The highest BCUT2D eigenvalue weighted by Crippen LogP contribution is 2.42. The molecule has 62 heavy (non-hydrogen) atoms. The number of hydrogen-bond donors (Lipinski definition) is 6. The van der Waals surface area contributed by atoms with Crippen LogP contribution in [0.4, 0.5) is 0 Å². The SMILES string of the molecule is CC1(C)CC(n2cc(CNC(=O)[C@@H](Cc3c[nH]c4ccccc34)NC(=O)[C@@H]3Cc4c([nH]c5ccccc45)CN3C(=O)[C@@H]3Cc4c([nH]c5ccccc45)CN3)nn2)CC(C)(C)N1[O]. The lowest BCUT2D eigenvalue weighted by Crippen LogP contribution is -2.60. The van der Waals surface area contributed by atoms with E-state index in [1.54, 1.807) is 9.58 Å². The number of carbonyl (C=O) groups is 3. The summed E-state index contributed by atoms with van der Waals surface area (Å²) in [6, 6.07) is 21.5. The van der Waals surface area contributed by atoms with E-state index in [4.69, 9.17) is 0 Å². The number of amides is 3. The molecule has 0 spiro atoms. The van der Waals surface area contributed by atoms with Crippen LogP contribution in [0, 0.1) is 0 Å². The molecule has 7 heterocycles. The maximum Gasteiger partial charge on any atom is 0.243 e. The highest BCUT2D eigenvalue weighted by molar-refractivity contribution is 5.96. The number of piperidine rings is 1. The van der Waals surface area contributed by atoms with Crippen LogP contribution in [0.5, 0.6) is 0 Å². The van der Waals surface area contributed by atoms with Crippen molar-refractivity contribution >= 4 is 50.4 Å². The fraction of sp³-hybridized carbons (Fsp3) is 0.383. The van der Waals surface area contributed by atoms with Crippen LogP contribution < -0.4 is 16.0 Å². The number of carbonyl (C=O) groups excluding carboxylic acids is 3. The van der Waals surface area contributed by atoms with Crippen LogP contribution in [-0.2, 0) is 58.5 Å². The molecule has 3 aromatic carbocycles. The van der Waals surface area contributed by atoms with E-state index >= 15 is 0 Å². The Morgan fingerprint density at radius 2 is 1.45 bits per heavy atom. The molecule has 0 bridgehead atoms. The van der Waals surface area contributed by atoms with Gasteiger partial charge in [0, 0.05) is 80.8 Å². The zero-order chi connectivity index (χ0) is 42.9. The number of nitrogens with zero attached hydrogens (tertiary/aromatic N) is 5. The fourth-order valence-electron chi connectivity index (χ4n) is 10.5. The number of hydroxylamine groups is 2. The van der Waals surface area contributed by atoms with Gasteiger partial charge in [-0.05, 0) is 81.8 Å². The van der Waals surface area contributed by atoms with Crippen molar-refractivity contribution in [3.8, 4) is 0 Å². The molecule has 3 aliphatic heterocycles. The second-order valence-corrected chi connectivity index (χ2v) is 18.6. The number of benzene rings is 3. The Balaban J connectivity index is 0.921. The third kappa shape index (κ3) is 7.13. The van der Waals surface area contributed by atoms with E-state index < -0.39 is 35.1 Å². The Morgan fingerprint density at radius 3 is 2.16 bits per heavy atom. The van der Waals surface area contributed by atoms with Crippen LogP contribution in [0.2, 0.25) is 0 Å². The molecule has 1 saturated heterocycles. The maximum absolute atomic E-state index is 14.9. The molecule has 3 aliphatic rings. The van der Waals surface area contributed by atoms with E-state index in [1.165, 1.54) is 5.06 Å². The fourth-order valence-corrected chi connectivity index (χ4v) is 10.5. The van der Waals surface area contributed by atoms with E-state index in [9.17, 15) is 19.6 Å². The van der Waals surface area contributed by atoms with Crippen molar-refractivity contribution in [3.63, 3.8) is 0 Å². The number of rotatable bonds is 9. The number of hydrogen-bond acceptors (Lipinski definition) is 7. The van der Waals surface area contributed by atoms with Crippen LogP contribution in [0.1, 0.15) is 80.4 Å². The van der Waals surface area contributed by atoms with Gasteiger partial charge in [0.05, 0.1) is 31.4 Å². The number of nitrogens with one attached hydrogen (secondary N) is 6. The molecule has 6 N–H and O–H groups in total. The minimum Gasteiger partial charge on any atom is -0.361 e. The third-order valence-corrected chi connectivity index (χ3v) is 13.4. The number of fused-ring (bicyclic) bond motifs is 7. The molecule has 0 saturated carbocycles. The maximum atomic E-state index is 14.9. The molecule has 15 nitrogen and oxygen atoms in total. The number of H-pyrrole nitrogens is 3. The lowest BCUT2D eigenvalue weighted by molar-refractivity contribution is -0.293. The Morgan fingerprint density at radius 1 is 0.823 bits per heavy atom. The standard InChI is InChI=1S/C47H52N11O4/c1-46(2)20-29(21-47(3,4)58(46)62)57-25-28(54-55-57)23-50-43(59)38(17-27-22-48-35-14-8-5-11-30(27)35)53-44(60)42-19-34-32-13-7-10-16-37(32)52-41(34)26-56(42)45(61)39-18-33-31-12-6-9-15-36(31)51-40(33)24-49-39/h5-16,22,25,29,38-39,42,48-49,51-52H,17-21,23-24,26H2,1-4H3,(H,50,59)(H,53,60)/t38-,39+,42+/m1/s1. The zero-order valence-electron chi connectivity index (χ0n) is 35.4. The van der Waals surface area contributed by atoms with E-state index in [0.29, 0.717) is 31.5 Å². The summed E-state index contributed by atoms with van der Waals surface area (Å²) < 4.78 is 1.80. The molecule has 7 aromatic rings. The normalized spacial score (nSPS) is 20.6. The van der Waals surface area contributed by atoms with Gasteiger partial charge in [0.25, 0.3) is 0 Å². The topological polar surface area (TPSA) is 192 Å².